The number of carbonyl (C=O) groups excluding carboxylic acids is 1. The molecule has 29 heavy (non-hydrogen) atoms. The van der Waals surface area contributed by atoms with E-state index in [0.29, 0.717) is 37.6 Å². The number of hydrogen-bond donors (Lipinski definition) is 1. The first kappa shape index (κ1) is 21.6. The molecule has 1 heterocycles. The molecule has 0 aromatic heterocycles. The van der Waals surface area contributed by atoms with E-state index >= 15 is 0 Å². The third kappa shape index (κ3) is 4.91. The molecule has 1 amide bonds. The molecule has 1 N–H and O–H groups in total. The van der Waals surface area contributed by atoms with Crippen molar-refractivity contribution in [3.8, 4) is 5.75 Å². The first-order valence-corrected chi connectivity index (χ1v) is 11.4. The molecular weight excluding hydrogens is 412 g/mol. The van der Waals surface area contributed by atoms with Crippen LogP contribution in [0, 0.1) is 13.8 Å². The first-order chi connectivity index (χ1) is 13.8. The fraction of sp³-hybridized carbons (Fsp3) is 0.381. The zero-order chi connectivity index (χ0) is 21.0. The highest BCUT2D eigenvalue weighted by Crippen LogP contribution is 2.27. The van der Waals surface area contributed by atoms with Crippen molar-refractivity contribution in [3.05, 3.63) is 58.6 Å². The van der Waals surface area contributed by atoms with Gasteiger partial charge in [-0.05, 0) is 68.1 Å². The lowest BCUT2D eigenvalue weighted by Gasteiger charge is -2.23. The number of carbonyl (C=O) groups is 1. The Morgan fingerprint density at radius 1 is 1.21 bits per heavy atom. The molecule has 0 unspecified atom stereocenters. The Balaban J connectivity index is 1.58. The minimum absolute atomic E-state index is 0.139. The average Bonchev–Trinajstić information content (AvgIpc) is 3.19. The Bertz CT molecular complexity index is 977. The quantitative estimate of drug-likeness (QED) is 0.675. The summed E-state index contributed by atoms with van der Waals surface area (Å²) >= 11 is 5.85. The number of halogens is 1. The van der Waals surface area contributed by atoms with Gasteiger partial charge in [-0.15, -0.1) is 0 Å². The van der Waals surface area contributed by atoms with Gasteiger partial charge in [-0.2, -0.15) is 4.31 Å². The lowest BCUT2D eigenvalue weighted by molar-refractivity contribution is -0.124. The van der Waals surface area contributed by atoms with E-state index in [1.54, 1.807) is 0 Å². The number of hydrogen-bond acceptors (Lipinski definition) is 4. The van der Waals surface area contributed by atoms with Crippen LogP contribution in [0.25, 0.3) is 0 Å². The van der Waals surface area contributed by atoms with Crippen molar-refractivity contribution in [1.29, 1.82) is 0 Å². The third-order valence-corrected chi connectivity index (χ3v) is 7.31. The summed E-state index contributed by atoms with van der Waals surface area (Å²) in [5.41, 5.74) is 2.20. The van der Waals surface area contributed by atoms with Crippen LogP contribution in [0.4, 0.5) is 0 Å². The normalized spacial score (nSPS) is 17.3. The standard InChI is InChI=1S/C21H25ClN2O4S/c1-15-5-3-7-20(16(15)2)28-14-12-23-21(25)19-6-4-13-24(19)29(26,27)18-10-8-17(22)9-11-18/h3,5,7-11,19H,4,6,12-14H2,1-2H3,(H,23,25)/t19-/m0/s1. The van der Waals surface area contributed by atoms with Gasteiger partial charge >= 0.3 is 0 Å². The molecule has 156 valence electrons. The molecule has 8 heteroatoms. The Morgan fingerprint density at radius 3 is 2.66 bits per heavy atom. The molecule has 0 bridgehead atoms. The number of sulfonamides is 1. The Morgan fingerprint density at radius 2 is 1.93 bits per heavy atom. The van der Waals surface area contributed by atoms with Gasteiger partial charge in [0.2, 0.25) is 15.9 Å². The molecule has 0 aliphatic carbocycles. The van der Waals surface area contributed by atoms with Gasteiger partial charge in [-0.1, -0.05) is 23.7 Å². The van der Waals surface area contributed by atoms with Crippen molar-refractivity contribution in [1.82, 2.24) is 9.62 Å². The maximum absolute atomic E-state index is 12.9. The van der Waals surface area contributed by atoms with Crippen molar-refractivity contribution in [3.63, 3.8) is 0 Å². The molecule has 3 rings (SSSR count). The van der Waals surface area contributed by atoms with Crippen LogP contribution in [-0.4, -0.2) is 44.4 Å². The van der Waals surface area contributed by atoms with E-state index in [-0.39, 0.29) is 10.8 Å². The summed E-state index contributed by atoms with van der Waals surface area (Å²) in [5, 5.41) is 3.26. The summed E-state index contributed by atoms with van der Waals surface area (Å²) in [6, 6.07) is 11.1. The van der Waals surface area contributed by atoms with E-state index < -0.39 is 16.1 Å². The Labute approximate surface area is 176 Å². The molecule has 2 aromatic rings. The van der Waals surface area contributed by atoms with E-state index in [1.165, 1.54) is 28.6 Å². The van der Waals surface area contributed by atoms with Gasteiger partial charge in [0.15, 0.2) is 0 Å². The number of nitrogens with zero attached hydrogens (tertiary/aromatic N) is 1. The lowest BCUT2D eigenvalue weighted by atomic mass is 10.1. The molecule has 1 aliphatic rings. The van der Waals surface area contributed by atoms with Gasteiger partial charge < -0.3 is 10.1 Å². The number of aryl methyl sites for hydroxylation is 1. The Kier molecular flexibility index (Phi) is 6.82. The van der Waals surface area contributed by atoms with Crippen molar-refractivity contribution in [2.75, 3.05) is 19.7 Å². The molecule has 6 nitrogen and oxygen atoms in total. The van der Waals surface area contributed by atoms with Gasteiger partial charge in [0.05, 0.1) is 11.4 Å². The minimum atomic E-state index is -3.75. The maximum Gasteiger partial charge on any atom is 0.243 e. The maximum atomic E-state index is 12.9. The van der Waals surface area contributed by atoms with Crippen molar-refractivity contribution in [2.45, 2.75) is 37.6 Å². The molecule has 0 radical (unpaired) electrons. The molecule has 1 saturated heterocycles. The van der Waals surface area contributed by atoms with Gasteiger partial charge in [-0.3, -0.25) is 4.79 Å². The van der Waals surface area contributed by atoms with Gasteiger partial charge in [-0.25, -0.2) is 8.42 Å². The number of rotatable bonds is 7. The molecule has 1 atom stereocenters. The molecule has 1 aliphatic heterocycles. The van der Waals surface area contributed by atoms with Crippen LogP contribution in [-0.2, 0) is 14.8 Å². The number of benzene rings is 2. The van der Waals surface area contributed by atoms with Gasteiger partial charge in [0, 0.05) is 11.6 Å². The van der Waals surface area contributed by atoms with Crippen LogP contribution >= 0.6 is 11.6 Å². The highest BCUT2D eigenvalue weighted by atomic mass is 35.5. The second-order valence-electron chi connectivity index (χ2n) is 7.07. The summed E-state index contributed by atoms with van der Waals surface area (Å²) in [6.45, 7) is 4.94. The fourth-order valence-corrected chi connectivity index (χ4v) is 5.15. The van der Waals surface area contributed by atoms with Gasteiger partial charge in [0.25, 0.3) is 0 Å². The molecular formula is C21H25ClN2O4S. The summed E-state index contributed by atoms with van der Waals surface area (Å²) in [5.74, 6) is 0.483. The lowest BCUT2D eigenvalue weighted by Crippen LogP contribution is -2.46. The zero-order valence-electron chi connectivity index (χ0n) is 16.5. The SMILES string of the molecule is Cc1cccc(OCCNC(=O)[C@@H]2CCCN2S(=O)(=O)c2ccc(Cl)cc2)c1C. The van der Waals surface area contributed by atoms with Crippen LogP contribution in [0.3, 0.4) is 0 Å². The van der Waals surface area contributed by atoms with Crippen LogP contribution in [0.15, 0.2) is 47.4 Å². The monoisotopic (exact) mass is 436 g/mol. The molecule has 2 aromatic carbocycles. The summed E-state index contributed by atoms with van der Waals surface area (Å²) in [6.07, 6.45) is 1.14. The number of amides is 1. The zero-order valence-corrected chi connectivity index (χ0v) is 18.1. The van der Waals surface area contributed by atoms with Crippen LogP contribution < -0.4 is 10.1 Å². The second-order valence-corrected chi connectivity index (χ2v) is 9.39. The average molecular weight is 437 g/mol. The molecule has 1 fully saturated rings. The molecule has 0 spiro atoms. The summed E-state index contributed by atoms with van der Waals surface area (Å²) in [7, 11) is -3.75. The van der Waals surface area contributed by atoms with E-state index in [1.807, 2.05) is 32.0 Å². The van der Waals surface area contributed by atoms with Crippen molar-refractivity contribution >= 4 is 27.5 Å². The summed E-state index contributed by atoms with van der Waals surface area (Å²) < 4.78 is 32.9. The fourth-order valence-electron chi connectivity index (χ4n) is 3.37. The Hall–Kier alpha value is -2.09. The third-order valence-electron chi connectivity index (χ3n) is 5.14. The number of nitrogens with one attached hydrogen (secondary N) is 1. The highest BCUT2D eigenvalue weighted by Gasteiger charge is 2.39. The van der Waals surface area contributed by atoms with Gasteiger partial charge in [0.1, 0.15) is 18.4 Å². The minimum Gasteiger partial charge on any atom is -0.491 e. The predicted molar refractivity (Wildman–Crippen MR) is 113 cm³/mol. The second kappa shape index (κ2) is 9.15. The van der Waals surface area contributed by atoms with E-state index in [9.17, 15) is 13.2 Å². The van der Waals surface area contributed by atoms with Crippen LogP contribution in [0.2, 0.25) is 5.02 Å². The smallest absolute Gasteiger partial charge is 0.243 e. The molecule has 0 saturated carbocycles. The summed E-state index contributed by atoms with van der Waals surface area (Å²) in [4.78, 5) is 12.8. The highest BCUT2D eigenvalue weighted by molar-refractivity contribution is 7.89. The topological polar surface area (TPSA) is 75.7 Å². The first-order valence-electron chi connectivity index (χ1n) is 9.55. The van der Waals surface area contributed by atoms with E-state index in [4.69, 9.17) is 16.3 Å². The van der Waals surface area contributed by atoms with Crippen molar-refractivity contribution in [2.24, 2.45) is 0 Å². The largest absolute Gasteiger partial charge is 0.491 e. The van der Waals surface area contributed by atoms with Crippen LogP contribution in [0.1, 0.15) is 24.0 Å². The van der Waals surface area contributed by atoms with Crippen LogP contribution in [0.5, 0.6) is 5.75 Å². The van der Waals surface area contributed by atoms with E-state index in [0.717, 1.165) is 16.9 Å². The number of ether oxygens (including phenoxy) is 1. The van der Waals surface area contributed by atoms with E-state index in [2.05, 4.69) is 5.32 Å². The van der Waals surface area contributed by atoms with Crippen molar-refractivity contribution < 1.29 is 17.9 Å². The predicted octanol–water partition coefficient (Wildman–Crippen LogP) is 3.31.